The first-order valence-corrected chi connectivity index (χ1v) is 6.75. The second kappa shape index (κ2) is 6.41. The number of carbonyl (C=O) groups excluding carboxylic acids is 1. The average Bonchev–Trinajstić information content (AvgIpc) is 2.43. The molecule has 2 rings (SSSR count). The van der Waals surface area contributed by atoms with Gasteiger partial charge in [0.2, 0.25) is 5.91 Å². The average molecular weight is 306 g/mol. The maximum absolute atomic E-state index is 11.1. The third-order valence-electron chi connectivity index (χ3n) is 2.88. The van der Waals surface area contributed by atoms with Gasteiger partial charge in [-0.25, -0.2) is 9.97 Å². The van der Waals surface area contributed by atoms with Crippen molar-refractivity contribution in [2.24, 2.45) is 0 Å². The van der Waals surface area contributed by atoms with E-state index in [2.05, 4.69) is 20.6 Å². The molecule has 4 N–H and O–H groups in total. The highest BCUT2D eigenvalue weighted by molar-refractivity contribution is 6.35. The number of amides is 1. The molecule has 1 amide bonds. The van der Waals surface area contributed by atoms with E-state index < -0.39 is 0 Å². The van der Waals surface area contributed by atoms with Crippen LogP contribution in [0.4, 0.5) is 17.3 Å². The van der Waals surface area contributed by atoms with Crippen LogP contribution in [0.3, 0.4) is 0 Å². The summed E-state index contributed by atoms with van der Waals surface area (Å²) in [6, 6.07) is 7.46. The molecular weight excluding hydrogens is 290 g/mol. The van der Waals surface area contributed by atoms with Crippen LogP contribution in [0.1, 0.15) is 25.5 Å². The van der Waals surface area contributed by atoms with Gasteiger partial charge < -0.3 is 16.4 Å². The van der Waals surface area contributed by atoms with Crippen LogP contribution in [-0.4, -0.2) is 15.9 Å². The molecule has 2 aromatic rings. The standard InChI is InChI=1S/C14H16ClN5O/c1-8(19-14-12(15)13(16)17-7-18-14)10-4-3-5-11(6-10)20-9(2)21/h3-8H,1-2H3,(H,20,21)(H3,16,17,18,19). The van der Waals surface area contributed by atoms with E-state index in [-0.39, 0.29) is 17.8 Å². The number of carbonyl (C=O) groups is 1. The van der Waals surface area contributed by atoms with Crippen molar-refractivity contribution in [3.63, 3.8) is 0 Å². The first-order chi connectivity index (χ1) is 9.97. The SMILES string of the molecule is CC(=O)Nc1cccc(C(C)Nc2ncnc(N)c2Cl)c1. The van der Waals surface area contributed by atoms with Crippen molar-refractivity contribution in [3.8, 4) is 0 Å². The Kier molecular flexibility index (Phi) is 4.59. The molecule has 0 aliphatic heterocycles. The summed E-state index contributed by atoms with van der Waals surface area (Å²) < 4.78 is 0. The first kappa shape index (κ1) is 15.1. The van der Waals surface area contributed by atoms with Gasteiger partial charge in [-0.15, -0.1) is 0 Å². The minimum absolute atomic E-state index is 0.0643. The number of benzene rings is 1. The number of anilines is 3. The number of halogens is 1. The van der Waals surface area contributed by atoms with E-state index in [4.69, 9.17) is 17.3 Å². The predicted octanol–water partition coefficient (Wildman–Crippen LogP) is 2.84. The zero-order valence-electron chi connectivity index (χ0n) is 11.7. The molecule has 110 valence electrons. The Morgan fingerprint density at radius 3 is 2.86 bits per heavy atom. The number of nitrogen functional groups attached to an aromatic ring is 1. The number of rotatable bonds is 4. The number of hydrogen-bond donors (Lipinski definition) is 3. The molecule has 1 heterocycles. The van der Waals surface area contributed by atoms with Crippen LogP contribution in [0.5, 0.6) is 0 Å². The van der Waals surface area contributed by atoms with Gasteiger partial charge in [-0.2, -0.15) is 0 Å². The van der Waals surface area contributed by atoms with Crippen LogP contribution in [0, 0.1) is 0 Å². The Hall–Kier alpha value is -2.34. The highest BCUT2D eigenvalue weighted by Crippen LogP contribution is 2.27. The molecule has 6 nitrogen and oxygen atoms in total. The third-order valence-corrected chi connectivity index (χ3v) is 3.25. The third kappa shape index (κ3) is 3.82. The molecule has 0 saturated carbocycles. The van der Waals surface area contributed by atoms with Gasteiger partial charge in [-0.1, -0.05) is 23.7 Å². The molecule has 1 aromatic carbocycles. The Morgan fingerprint density at radius 1 is 1.38 bits per heavy atom. The van der Waals surface area contributed by atoms with Gasteiger partial charge in [-0.05, 0) is 24.6 Å². The van der Waals surface area contributed by atoms with E-state index in [0.717, 1.165) is 11.3 Å². The maximum atomic E-state index is 11.1. The van der Waals surface area contributed by atoms with E-state index in [0.29, 0.717) is 10.8 Å². The molecule has 0 spiro atoms. The fraction of sp³-hybridized carbons (Fsp3) is 0.214. The number of nitrogens with one attached hydrogen (secondary N) is 2. The van der Waals surface area contributed by atoms with Gasteiger partial charge >= 0.3 is 0 Å². The molecule has 7 heteroatoms. The van der Waals surface area contributed by atoms with E-state index >= 15 is 0 Å². The summed E-state index contributed by atoms with van der Waals surface area (Å²) in [5.41, 5.74) is 7.36. The molecule has 0 radical (unpaired) electrons. The van der Waals surface area contributed by atoms with Crippen molar-refractivity contribution in [2.75, 3.05) is 16.4 Å². The Balaban J connectivity index is 2.18. The summed E-state index contributed by atoms with van der Waals surface area (Å²) in [6.07, 6.45) is 1.35. The second-order valence-corrected chi connectivity index (χ2v) is 4.97. The Morgan fingerprint density at radius 2 is 2.14 bits per heavy atom. The second-order valence-electron chi connectivity index (χ2n) is 4.59. The van der Waals surface area contributed by atoms with Crippen molar-refractivity contribution in [1.82, 2.24) is 9.97 Å². The highest BCUT2D eigenvalue weighted by atomic mass is 35.5. The lowest BCUT2D eigenvalue weighted by molar-refractivity contribution is -0.114. The number of aromatic nitrogens is 2. The van der Waals surface area contributed by atoms with E-state index in [1.807, 2.05) is 31.2 Å². The van der Waals surface area contributed by atoms with Crippen LogP contribution in [0.15, 0.2) is 30.6 Å². The fourth-order valence-corrected chi connectivity index (χ4v) is 2.01. The van der Waals surface area contributed by atoms with Gasteiger partial charge in [0.15, 0.2) is 5.82 Å². The predicted molar refractivity (Wildman–Crippen MR) is 84.2 cm³/mol. The van der Waals surface area contributed by atoms with Crippen molar-refractivity contribution >= 4 is 34.8 Å². The summed E-state index contributed by atoms with van der Waals surface area (Å²) in [6.45, 7) is 3.43. The zero-order chi connectivity index (χ0) is 15.4. The smallest absolute Gasteiger partial charge is 0.221 e. The van der Waals surface area contributed by atoms with Gasteiger partial charge in [-0.3, -0.25) is 4.79 Å². The monoisotopic (exact) mass is 305 g/mol. The molecule has 0 saturated heterocycles. The van der Waals surface area contributed by atoms with E-state index in [1.54, 1.807) is 0 Å². The molecule has 0 aliphatic rings. The van der Waals surface area contributed by atoms with Crippen LogP contribution in [0.2, 0.25) is 5.02 Å². The molecule has 0 bridgehead atoms. The van der Waals surface area contributed by atoms with Gasteiger partial charge in [0, 0.05) is 12.6 Å². The molecule has 0 fully saturated rings. The first-order valence-electron chi connectivity index (χ1n) is 6.37. The van der Waals surface area contributed by atoms with Crippen molar-refractivity contribution in [1.29, 1.82) is 0 Å². The topological polar surface area (TPSA) is 92.9 Å². The van der Waals surface area contributed by atoms with E-state index in [9.17, 15) is 4.79 Å². The summed E-state index contributed by atoms with van der Waals surface area (Å²) in [4.78, 5) is 19.0. The largest absolute Gasteiger partial charge is 0.382 e. The molecule has 0 aliphatic carbocycles. The van der Waals surface area contributed by atoms with Gasteiger partial charge in [0.05, 0.1) is 6.04 Å². The summed E-state index contributed by atoms with van der Waals surface area (Å²) in [5, 5.41) is 6.21. The lowest BCUT2D eigenvalue weighted by Gasteiger charge is -2.17. The van der Waals surface area contributed by atoms with Crippen LogP contribution < -0.4 is 16.4 Å². The Labute approximate surface area is 127 Å². The van der Waals surface area contributed by atoms with Gasteiger partial charge in [0.25, 0.3) is 0 Å². The summed E-state index contributed by atoms with van der Waals surface area (Å²) in [7, 11) is 0. The fourth-order valence-electron chi connectivity index (χ4n) is 1.86. The number of nitrogens with two attached hydrogens (primary N) is 1. The molecule has 1 unspecified atom stereocenters. The van der Waals surface area contributed by atoms with Crippen molar-refractivity contribution in [2.45, 2.75) is 19.9 Å². The van der Waals surface area contributed by atoms with Gasteiger partial charge in [0.1, 0.15) is 17.2 Å². The molecule has 1 atom stereocenters. The molecule has 21 heavy (non-hydrogen) atoms. The number of hydrogen-bond acceptors (Lipinski definition) is 5. The van der Waals surface area contributed by atoms with Crippen molar-refractivity contribution in [3.05, 3.63) is 41.2 Å². The Bertz CT molecular complexity index is 662. The molecular formula is C14H16ClN5O. The minimum Gasteiger partial charge on any atom is -0.382 e. The normalized spacial score (nSPS) is 11.8. The van der Waals surface area contributed by atoms with Crippen molar-refractivity contribution < 1.29 is 4.79 Å². The zero-order valence-corrected chi connectivity index (χ0v) is 12.5. The molecule has 1 aromatic heterocycles. The summed E-state index contributed by atoms with van der Waals surface area (Å²) >= 11 is 6.06. The van der Waals surface area contributed by atoms with Crippen LogP contribution in [-0.2, 0) is 4.79 Å². The lowest BCUT2D eigenvalue weighted by atomic mass is 10.1. The maximum Gasteiger partial charge on any atom is 0.221 e. The lowest BCUT2D eigenvalue weighted by Crippen LogP contribution is -2.11. The quantitative estimate of drug-likeness (QED) is 0.807. The minimum atomic E-state index is -0.112. The summed E-state index contributed by atoms with van der Waals surface area (Å²) in [5.74, 6) is 0.592. The highest BCUT2D eigenvalue weighted by Gasteiger charge is 2.11. The van der Waals surface area contributed by atoms with Crippen LogP contribution in [0.25, 0.3) is 0 Å². The van der Waals surface area contributed by atoms with Crippen LogP contribution >= 0.6 is 11.6 Å². The number of nitrogens with zero attached hydrogens (tertiary/aromatic N) is 2. The van der Waals surface area contributed by atoms with E-state index in [1.165, 1.54) is 13.3 Å².